The van der Waals surface area contributed by atoms with Crippen LogP contribution in [0.25, 0.3) is 0 Å². The summed E-state index contributed by atoms with van der Waals surface area (Å²) in [6, 6.07) is 9.15. The molecule has 4 N–H and O–H groups in total. The Kier molecular flexibility index (Phi) is 4.93. The molecule has 0 aliphatic rings. The molecule has 19 heavy (non-hydrogen) atoms. The number of nitrogens with two attached hydrogens (primary N) is 2. The normalized spacial score (nSPS) is 12.4. The maximum Gasteiger partial charge on any atom is 0.128 e. The van der Waals surface area contributed by atoms with E-state index in [0.29, 0.717) is 16.6 Å². The fourth-order valence-electron chi connectivity index (χ4n) is 1.59. The number of hydrogen-bond donors (Lipinski definition) is 2. The third-order valence-electron chi connectivity index (χ3n) is 2.57. The lowest BCUT2D eigenvalue weighted by Gasteiger charge is -2.14. The summed E-state index contributed by atoms with van der Waals surface area (Å²) in [7, 11) is 0. The van der Waals surface area contributed by atoms with E-state index in [0.717, 1.165) is 15.5 Å². The molecule has 1 heterocycles. The smallest absolute Gasteiger partial charge is 0.128 e. The van der Waals surface area contributed by atoms with Crippen LogP contribution in [0.2, 0.25) is 10.0 Å². The van der Waals surface area contributed by atoms with Gasteiger partial charge in [0.1, 0.15) is 5.82 Å². The summed E-state index contributed by atoms with van der Waals surface area (Å²) in [4.78, 5) is 5.00. The van der Waals surface area contributed by atoms with Crippen molar-refractivity contribution in [3.8, 4) is 0 Å². The van der Waals surface area contributed by atoms with E-state index in [1.54, 1.807) is 17.8 Å². The van der Waals surface area contributed by atoms with E-state index in [9.17, 15) is 0 Å². The van der Waals surface area contributed by atoms with Gasteiger partial charge in [0.15, 0.2) is 0 Å². The molecule has 2 rings (SSSR count). The molecule has 0 aliphatic carbocycles. The minimum absolute atomic E-state index is 0.243. The zero-order valence-electron chi connectivity index (χ0n) is 10.0. The zero-order chi connectivity index (χ0) is 13.8. The zero-order valence-corrected chi connectivity index (χ0v) is 12.3. The number of rotatable bonds is 4. The van der Waals surface area contributed by atoms with Gasteiger partial charge in [0.2, 0.25) is 0 Å². The largest absolute Gasteiger partial charge is 0.383 e. The van der Waals surface area contributed by atoms with Gasteiger partial charge in [0.25, 0.3) is 0 Å². The van der Waals surface area contributed by atoms with E-state index in [2.05, 4.69) is 4.98 Å². The van der Waals surface area contributed by atoms with E-state index >= 15 is 0 Å². The summed E-state index contributed by atoms with van der Waals surface area (Å²) in [5, 5.41) is 1.25. The fraction of sp³-hybridized carbons (Fsp3) is 0.154. The van der Waals surface area contributed by atoms with Crippen LogP contribution in [0.3, 0.4) is 0 Å². The lowest BCUT2D eigenvalue weighted by atomic mass is 10.1. The van der Waals surface area contributed by atoms with Crippen LogP contribution < -0.4 is 11.5 Å². The Bertz CT molecular complexity index is 578. The van der Waals surface area contributed by atoms with Crippen molar-refractivity contribution in [3.05, 3.63) is 52.1 Å². The highest BCUT2D eigenvalue weighted by atomic mass is 35.5. The maximum atomic E-state index is 6.12. The molecule has 1 aromatic carbocycles. The number of nitrogen functional groups attached to an aromatic ring is 1. The van der Waals surface area contributed by atoms with Crippen molar-refractivity contribution in [1.82, 2.24) is 4.98 Å². The summed E-state index contributed by atoms with van der Waals surface area (Å²) in [5.41, 5.74) is 12.7. The molecule has 0 fully saturated rings. The minimum Gasteiger partial charge on any atom is -0.383 e. The Morgan fingerprint density at radius 2 is 2.00 bits per heavy atom. The average Bonchev–Trinajstić information content (AvgIpc) is 2.40. The second kappa shape index (κ2) is 6.48. The molecule has 0 amide bonds. The molecule has 3 nitrogen and oxygen atoms in total. The summed E-state index contributed by atoms with van der Waals surface area (Å²) in [6.07, 6.45) is 1.51. The average molecular weight is 314 g/mol. The molecule has 100 valence electrons. The Labute approximate surface area is 126 Å². The number of halogens is 2. The molecule has 1 atom stereocenters. The first-order chi connectivity index (χ1) is 9.08. The molecule has 1 aromatic heterocycles. The Morgan fingerprint density at radius 3 is 2.74 bits per heavy atom. The fourth-order valence-corrected chi connectivity index (χ4v) is 2.98. The van der Waals surface area contributed by atoms with Gasteiger partial charge in [0.05, 0.1) is 10.0 Å². The highest BCUT2D eigenvalue weighted by Gasteiger charge is 2.12. The van der Waals surface area contributed by atoms with Gasteiger partial charge >= 0.3 is 0 Å². The van der Waals surface area contributed by atoms with Crippen molar-refractivity contribution in [2.75, 3.05) is 11.5 Å². The molecule has 1 unspecified atom stereocenters. The van der Waals surface area contributed by atoms with E-state index < -0.39 is 0 Å². The highest BCUT2D eigenvalue weighted by Crippen LogP contribution is 2.30. The quantitative estimate of drug-likeness (QED) is 0.843. The molecule has 0 saturated carbocycles. The van der Waals surface area contributed by atoms with Gasteiger partial charge in [-0.25, -0.2) is 4.98 Å². The van der Waals surface area contributed by atoms with Crippen molar-refractivity contribution in [2.24, 2.45) is 5.73 Å². The third kappa shape index (κ3) is 3.76. The van der Waals surface area contributed by atoms with Crippen LogP contribution >= 0.6 is 35.0 Å². The lowest BCUT2D eigenvalue weighted by Crippen LogP contribution is -2.15. The van der Waals surface area contributed by atoms with E-state index in [1.807, 2.05) is 24.3 Å². The van der Waals surface area contributed by atoms with Crippen molar-refractivity contribution < 1.29 is 0 Å². The molecule has 0 bridgehead atoms. The predicted octanol–water partition coefficient (Wildman–Crippen LogP) is 3.76. The Balaban J connectivity index is 2.07. The first-order valence-corrected chi connectivity index (χ1v) is 7.36. The number of nitrogens with zero attached hydrogens (tertiary/aromatic N) is 1. The van der Waals surface area contributed by atoms with Crippen LogP contribution in [0.5, 0.6) is 0 Å². The Morgan fingerprint density at radius 1 is 1.26 bits per heavy atom. The number of aromatic nitrogens is 1. The van der Waals surface area contributed by atoms with Crippen LogP contribution in [0.1, 0.15) is 11.6 Å². The molecule has 2 aromatic rings. The number of hydrogen-bond acceptors (Lipinski definition) is 4. The van der Waals surface area contributed by atoms with Gasteiger partial charge in [-0.15, -0.1) is 11.8 Å². The molecule has 0 radical (unpaired) electrons. The molecular weight excluding hydrogens is 301 g/mol. The monoisotopic (exact) mass is 313 g/mol. The van der Waals surface area contributed by atoms with Gasteiger partial charge in [-0.3, -0.25) is 0 Å². The summed E-state index contributed by atoms with van der Waals surface area (Å²) < 4.78 is 0. The van der Waals surface area contributed by atoms with Gasteiger partial charge in [0, 0.05) is 28.5 Å². The summed E-state index contributed by atoms with van der Waals surface area (Å²) >= 11 is 13.6. The summed E-state index contributed by atoms with van der Waals surface area (Å²) in [5.74, 6) is 1.06. The van der Waals surface area contributed by atoms with Gasteiger partial charge in [-0.05, 0) is 18.2 Å². The molecule has 6 heteroatoms. The van der Waals surface area contributed by atoms with Crippen LogP contribution in [0.4, 0.5) is 5.82 Å². The SMILES string of the molecule is Nc1ncc(Cl)cc1C(N)CSc1ccccc1Cl. The van der Waals surface area contributed by atoms with Crippen molar-refractivity contribution in [2.45, 2.75) is 10.9 Å². The standard InChI is InChI=1S/C13H13Cl2N3S/c14-8-5-9(13(17)18-6-8)11(16)7-19-12-4-2-1-3-10(12)15/h1-6,11H,7,16H2,(H2,17,18). The number of anilines is 1. The van der Waals surface area contributed by atoms with E-state index in [1.165, 1.54) is 6.20 Å². The van der Waals surface area contributed by atoms with E-state index in [4.69, 9.17) is 34.7 Å². The van der Waals surface area contributed by atoms with Crippen LogP contribution in [-0.2, 0) is 0 Å². The third-order valence-corrected chi connectivity index (χ3v) is 4.41. The van der Waals surface area contributed by atoms with Crippen LogP contribution in [0.15, 0.2) is 41.4 Å². The van der Waals surface area contributed by atoms with Crippen molar-refractivity contribution in [3.63, 3.8) is 0 Å². The van der Waals surface area contributed by atoms with Gasteiger partial charge in [-0.2, -0.15) is 0 Å². The van der Waals surface area contributed by atoms with Gasteiger partial charge in [-0.1, -0.05) is 35.3 Å². The van der Waals surface area contributed by atoms with Crippen molar-refractivity contribution >= 4 is 40.8 Å². The molecular formula is C13H13Cl2N3S. The molecule has 0 aliphatic heterocycles. The predicted molar refractivity (Wildman–Crippen MR) is 82.8 cm³/mol. The van der Waals surface area contributed by atoms with Crippen LogP contribution in [-0.4, -0.2) is 10.7 Å². The molecule has 0 spiro atoms. The number of pyridine rings is 1. The van der Waals surface area contributed by atoms with E-state index in [-0.39, 0.29) is 6.04 Å². The Hall–Kier alpha value is -0.940. The number of benzene rings is 1. The first kappa shape index (κ1) is 14.5. The highest BCUT2D eigenvalue weighted by molar-refractivity contribution is 7.99. The summed E-state index contributed by atoms with van der Waals surface area (Å²) in [6.45, 7) is 0. The maximum absolute atomic E-state index is 6.12. The second-order valence-electron chi connectivity index (χ2n) is 3.98. The first-order valence-electron chi connectivity index (χ1n) is 5.61. The van der Waals surface area contributed by atoms with Crippen molar-refractivity contribution in [1.29, 1.82) is 0 Å². The minimum atomic E-state index is -0.243. The second-order valence-corrected chi connectivity index (χ2v) is 5.88. The van der Waals surface area contributed by atoms with Crippen LogP contribution in [0, 0.1) is 0 Å². The number of thioether (sulfide) groups is 1. The lowest BCUT2D eigenvalue weighted by molar-refractivity contribution is 0.828. The molecule has 0 saturated heterocycles. The van der Waals surface area contributed by atoms with Gasteiger partial charge < -0.3 is 11.5 Å². The topological polar surface area (TPSA) is 64.9 Å².